The molecule has 4 aromatic rings. The molecule has 3 aromatic heterocycles. The molecule has 192 valence electrons. The Morgan fingerprint density at radius 2 is 1.89 bits per heavy atom. The van der Waals surface area contributed by atoms with Crippen molar-refractivity contribution in [2.75, 3.05) is 18.8 Å². The van der Waals surface area contributed by atoms with Gasteiger partial charge in [0.2, 0.25) is 0 Å². The first-order valence-corrected chi connectivity index (χ1v) is 11.9. The van der Waals surface area contributed by atoms with E-state index in [4.69, 9.17) is 10.5 Å². The molecule has 1 aliphatic rings. The van der Waals surface area contributed by atoms with Crippen LogP contribution in [0.2, 0.25) is 0 Å². The fourth-order valence-corrected chi connectivity index (χ4v) is 4.70. The Kier molecular flexibility index (Phi) is 6.47. The monoisotopic (exact) mass is 506 g/mol. The Morgan fingerprint density at radius 3 is 2.59 bits per heavy atom. The van der Waals surface area contributed by atoms with Crippen molar-refractivity contribution in [2.24, 2.45) is 0 Å². The lowest BCUT2D eigenvalue weighted by molar-refractivity contribution is 0.123. The summed E-state index contributed by atoms with van der Waals surface area (Å²) in [5, 5.41) is 22.1. The highest BCUT2D eigenvalue weighted by molar-refractivity contribution is 5.68. The van der Waals surface area contributed by atoms with Crippen LogP contribution in [0.4, 0.5) is 15.0 Å². The van der Waals surface area contributed by atoms with Crippen LogP contribution in [-0.2, 0) is 0 Å². The molecule has 37 heavy (non-hydrogen) atoms. The van der Waals surface area contributed by atoms with E-state index in [-0.39, 0.29) is 11.9 Å². The molecule has 12 heteroatoms. The summed E-state index contributed by atoms with van der Waals surface area (Å²) in [5.74, 6) is 0.158. The summed E-state index contributed by atoms with van der Waals surface area (Å²) >= 11 is 0. The quantitative estimate of drug-likeness (QED) is 0.400. The standard InChI is InChI=1S/C25H27FN8O3/c1-15-21(14-31-33(15)19-5-9-32(10-6-19)25(35)36)17-11-23(24(27)28-13-17)37-16(2)20-12-18(26)3-4-22(20)34-29-7-8-30-34/h3-4,7-8,11-14,16,19H,5-6,9-10H2,1-2H3,(H2,27,28)(H,35,36)/t16-/m1/s1. The topological polar surface area (TPSA) is 137 Å². The number of nitrogens with zero attached hydrogens (tertiary/aromatic N) is 7. The van der Waals surface area contributed by atoms with Crippen LogP contribution in [0.15, 0.2) is 49.1 Å². The third-order valence-electron chi connectivity index (χ3n) is 6.68. The molecule has 1 amide bonds. The minimum Gasteiger partial charge on any atom is -0.482 e. The Balaban J connectivity index is 1.39. The highest BCUT2D eigenvalue weighted by Crippen LogP contribution is 2.34. The minimum atomic E-state index is -0.891. The second kappa shape index (κ2) is 9.88. The third kappa shape index (κ3) is 4.82. The number of amides is 1. The number of halogens is 1. The molecule has 1 fully saturated rings. The van der Waals surface area contributed by atoms with Gasteiger partial charge in [-0.25, -0.2) is 14.2 Å². The predicted octanol–water partition coefficient (Wildman–Crippen LogP) is 4.01. The molecule has 3 N–H and O–H groups in total. The molecule has 0 saturated carbocycles. The van der Waals surface area contributed by atoms with E-state index in [2.05, 4.69) is 20.3 Å². The van der Waals surface area contributed by atoms with Crippen molar-refractivity contribution in [3.63, 3.8) is 0 Å². The summed E-state index contributed by atoms with van der Waals surface area (Å²) in [6, 6.07) is 6.24. The number of carbonyl (C=O) groups is 1. The number of hydrogen-bond donors (Lipinski definition) is 2. The van der Waals surface area contributed by atoms with Gasteiger partial charge in [-0.2, -0.15) is 20.1 Å². The summed E-state index contributed by atoms with van der Waals surface area (Å²) in [5.41, 5.74) is 9.87. The number of aromatic nitrogens is 6. The fraction of sp³-hybridized carbons (Fsp3) is 0.320. The van der Waals surface area contributed by atoms with Gasteiger partial charge in [0.1, 0.15) is 11.9 Å². The molecule has 0 bridgehead atoms. The smallest absolute Gasteiger partial charge is 0.407 e. The van der Waals surface area contributed by atoms with Crippen LogP contribution in [0, 0.1) is 12.7 Å². The van der Waals surface area contributed by atoms with E-state index in [1.165, 1.54) is 21.8 Å². The second-order valence-corrected chi connectivity index (χ2v) is 8.98. The lowest BCUT2D eigenvalue weighted by atomic mass is 10.0. The normalized spacial score (nSPS) is 15.1. The minimum absolute atomic E-state index is 0.115. The Hall–Kier alpha value is -4.48. The van der Waals surface area contributed by atoms with E-state index in [0.29, 0.717) is 42.9 Å². The van der Waals surface area contributed by atoms with E-state index in [1.54, 1.807) is 43.8 Å². The summed E-state index contributed by atoms with van der Waals surface area (Å²) in [6.07, 6.45) is 6.44. The zero-order valence-electron chi connectivity index (χ0n) is 20.5. The van der Waals surface area contributed by atoms with E-state index in [1.807, 2.05) is 11.6 Å². The van der Waals surface area contributed by atoms with Gasteiger partial charge in [-0.3, -0.25) is 4.68 Å². The number of ether oxygens (including phenoxy) is 1. The molecular weight excluding hydrogens is 479 g/mol. The summed E-state index contributed by atoms with van der Waals surface area (Å²) in [7, 11) is 0. The second-order valence-electron chi connectivity index (χ2n) is 8.98. The lowest BCUT2D eigenvalue weighted by Crippen LogP contribution is -2.38. The first-order chi connectivity index (χ1) is 17.8. The van der Waals surface area contributed by atoms with Crippen molar-refractivity contribution < 1.29 is 19.0 Å². The van der Waals surface area contributed by atoms with Crippen LogP contribution in [0.3, 0.4) is 0 Å². The number of carboxylic acid groups (broad SMARTS) is 1. The van der Waals surface area contributed by atoms with Crippen molar-refractivity contribution in [2.45, 2.75) is 38.8 Å². The molecule has 0 spiro atoms. The van der Waals surface area contributed by atoms with Gasteiger partial charge in [0.05, 0.1) is 30.3 Å². The molecule has 11 nitrogen and oxygen atoms in total. The van der Waals surface area contributed by atoms with Crippen molar-refractivity contribution in [1.29, 1.82) is 0 Å². The Bertz CT molecular complexity index is 1410. The molecule has 1 saturated heterocycles. The van der Waals surface area contributed by atoms with Crippen LogP contribution in [0.5, 0.6) is 5.75 Å². The van der Waals surface area contributed by atoms with Gasteiger partial charge in [0.25, 0.3) is 0 Å². The van der Waals surface area contributed by atoms with Gasteiger partial charge in [-0.1, -0.05) is 0 Å². The number of benzene rings is 1. The zero-order chi connectivity index (χ0) is 26.1. The molecule has 5 rings (SSSR count). The zero-order valence-corrected chi connectivity index (χ0v) is 20.5. The van der Waals surface area contributed by atoms with Gasteiger partial charge in [-0.15, -0.1) is 0 Å². The van der Waals surface area contributed by atoms with Gasteiger partial charge in [-0.05, 0) is 51.0 Å². The first kappa shape index (κ1) is 24.2. The van der Waals surface area contributed by atoms with E-state index >= 15 is 0 Å². The third-order valence-corrected chi connectivity index (χ3v) is 6.68. The Morgan fingerprint density at radius 1 is 1.16 bits per heavy atom. The molecule has 0 aliphatic carbocycles. The molecule has 1 aliphatic heterocycles. The van der Waals surface area contributed by atoms with Gasteiger partial charge >= 0.3 is 6.09 Å². The molecule has 1 aromatic carbocycles. The average Bonchev–Trinajstić information content (AvgIpc) is 3.55. The van der Waals surface area contributed by atoms with Crippen molar-refractivity contribution in [1.82, 2.24) is 34.7 Å². The van der Waals surface area contributed by atoms with E-state index < -0.39 is 18.0 Å². The van der Waals surface area contributed by atoms with Crippen molar-refractivity contribution in [3.8, 4) is 22.6 Å². The maximum atomic E-state index is 14.1. The SMILES string of the molecule is Cc1c(-c2cnc(N)c(O[C@H](C)c3cc(F)ccc3-n3nccn3)c2)cnn1C1CCN(C(=O)O)CC1. The largest absolute Gasteiger partial charge is 0.482 e. The first-order valence-electron chi connectivity index (χ1n) is 11.9. The highest BCUT2D eigenvalue weighted by Gasteiger charge is 2.26. The number of rotatable bonds is 6. The summed E-state index contributed by atoms with van der Waals surface area (Å²) in [6.45, 7) is 4.72. The van der Waals surface area contributed by atoms with Crippen LogP contribution in [0.1, 0.15) is 43.2 Å². The number of likely N-dealkylation sites (tertiary alicyclic amines) is 1. The molecule has 0 unspecified atom stereocenters. The van der Waals surface area contributed by atoms with Crippen molar-refractivity contribution in [3.05, 3.63) is 66.1 Å². The van der Waals surface area contributed by atoms with Crippen LogP contribution < -0.4 is 10.5 Å². The Labute approximate surface area is 212 Å². The van der Waals surface area contributed by atoms with E-state index in [9.17, 15) is 14.3 Å². The maximum absolute atomic E-state index is 14.1. The van der Waals surface area contributed by atoms with Gasteiger partial charge < -0.3 is 20.5 Å². The number of nitrogens with two attached hydrogens (primary N) is 1. The van der Waals surface area contributed by atoms with Gasteiger partial charge in [0, 0.05) is 41.7 Å². The van der Waals surface area contributed by atoms with E-state index in [0.717, 1.165) is 16.8 Å². The average molecular weight is 507 g/mol. The summed E-state index contributed by atoms with van der Waals surface area (Å²) < 4.78 is 22.3. The molecule has 0 radical (unpaired) electrons. The number of hydrogen-bond acceptors (Lipinski definition) is 7. The molecule has 1 atom stereocenters. The van der Waals surface area contributed by atoms with Crippen LogP contribution >= 0.6 is 0 Å². The van der Waals surface area contributed by atoms with Crippen LogP contribution in [0.25, 0.3) is 16.8 Å². The maximum Gasteiger partial charge on any atom is 0.407 e. The molecular formula is C25H27FN8O3. The number of nitrogen functional groups attached to an aromatic ring is 1. The lowest BCUT2D eigenvalue weighted by Gasteiger charge is -2.30. The highest BCUT2D eigenvalue weighted by atomic mass is 19.1. The summed E-state index contributed by atoms with van der Waals surface area (Å²) in [4.78, 5) is 18.4. The van der Waals surface area contributed by atoms with Gasteiger partial charge in [0.15, 0.2) is 11.6 Å². The van der Waals surface area contributed by atoms with Crippen LogP contribution in [-0.4, -0.2) is 58.9 Å². The number of pyridine rings is 1. The number of anilines is 1. The predicted molar refractivity (Wildman–Crippen MR) is 133 cm³/mol. The fourth-order valence-electron chi connectivity index (χ4n) is 4.70. The molecule has 4 heterocycles. The van der Waals surface area contributed by atoms with Crippen molar-refractivity contribution >= 4 is 11.9 Å². The number of piperidine rings is 1.